The van der Waals surface area contributed by atoms with E-state index in [1.165, 1.54) is 38.2 Å². The number of fused-ring (bicyclic) bond motifs is 8. The molecule has 2 heterocycles. The minimum Gasteiger partial charge on any atom is -0.456 e. The minimum atomic E-state index is 0.855. The van der Waals surface area contributed by atoms with Gasteiger partial charge in [0.05, 0.1) is 22.1 Å². The molecule has 258 valence electrons. The van der Waals surface area contributed by atoms with E-state index in [0.29, 0.717) is 0 Å². The van der Waals surface area contributed by atoms with Crippen LogP contribution in [0.2, 0.25) is 0 Å². The molecule has 55 heavy (non-hydrogen) atoms. The van der Waals surface area contributed by atoms with Crippen molar-refractivity contribution in [3.05, 3.63) is 206 Å². The fourth-order valence-electron chi connectivity index (χ4n) is 8.43. The van der Waals surface area contributed by atoms with Gasteiger partial charge in [-0.3, -0.25) is 0 Å². The summed E-state index contributed by atoms with van der Waals surface area (Å²) >= 11 is 0. The van der Waals surface area contributed by atoms with Crippen molar-refractivity contribution in [2.24, 2.45) is 0 Å². The van der Waals surface area contributed by atoms with Crippen molar-refractivity contribution in [3.8, 4) is 27.9 Å². The molecular weight excluding hydrogens is 669 g/mol. The lowest BCUT2D eigenvalue weighted by molar-refractivity contribution is 0.669. The van der Waals surface area contributed by atoms with Gasteiger partial charge >= 0.3 is 0 Å². The number of furan rings is 1. The van der Waals surface area contributed by atoms with E-state index in [9.17, 15) is 0 Å². The quantitative estimate of drug-likeness (QED) is 0.172. The van der Waals surface area contributed by atoms with Gasteiger partial charge in [0.2, 0.25) is 0 Å². The van der Waals surface area contributed by atoms with E-state index in [1.54, 1.807) is 0 Å². The van der Waals surface area contributed by atoms with Gasteiger partial charge in [-0.15, -0.1) is 0 Å². The second-order valence-electron chi connectivity index (χ2n) is 14.1. The molecule has 11 aromatic rings. The van der Waals surface area contributed by atoms with E-state index < -0.39 is 0 Å². The molecule has 0 amide bonds. The molecule has 2 aromatic heterocycles. The van der Waals surface area contributed by atoms with Crippen molar-refractivity contribution >= 4 is 71.6 Å². The Morgan fingerprint density at radius 2 is 0.964 bits per heavy atom. The van der Waals surface area contributed by atoms with Gasteiger partial charge in [0, 0.05) is 33.2 Å². The Bertz CT molecular complexity index is 3180. The SMILES string of the molecule is c1ccc(-c2ccc(N(c3ccc4c5ccccc5n(-c5ccccc5)c4c3)c3cc(-c4ccccc4)cc4oc5ccc6ccccc6c5c34)cc2)cc1. The molecule has 0 saturated heterocycles. The molecule has 9 aromatic carbocycles. The zero-order chi connectivity index (χ0) is 36.3. The summed E-state index contributed by atoms with van der Waals surface area (Å²) in [5, 5.41) is 7.00. The average molecular weight is 703 g/mol. The van der Waals surface area contributed by atoms with Gasteiger partial charge in [-0.05, 0) is 93.7 Å². The molecule has 0 aliphatic rings. The van der Waals surface area contributed by atoms with E-state index in [1.807, 2.05) is 0 Å². The Hall–Kier alpha value is -7.36. The molecule has 11 rings (SSSR count). The second-order valence-corrected chi connectivity index (χ2v) is 14.1. The Morgan fingerprint density at radius 1 is 0.364 bits per heavy atom. The van der Waals surface area contributed by atoms with E-state index in [-0.39, 0.29) is 0 Å². The van der Waals surface area contributed by atoms with E-state index in [2.05, 4.69) is 216 Å². The van der Waals surface area contributed by atoms with Crippen LogP contribution >= 0.6 is 0 Å². The largest absolute Gasteiger partial charge is 0.456 e. The first-order chi connectivity index (χ1) is 27.3. The highest BCUT2D eigenvalue weighted by molar-refractivity contribution is 6.24. The lowest BCUT2D eigenvalue weighted by Crippen LogP contribution is -2.11. The number of benzene rings is 9. The molecule has 0 radical (unpaired) electrons. The average Bonchev–Trinajstić information content (AvgIpc) is 3.81. The molecule has 0 N–H and O–H groups in total. The zero-order valence-corrected chi connectivity index (χ0v) is 29.9. The maximum Gasteiger partial charge on any atom is 0.138 e. The third-order valence-electron chi connectivity index (χ3n) is 11.0. The first-order valence-electron chi connectivity index (χ1n) is 18.8. The van der Waals surface area contributed by atoms with Crippen LogP contribution in [0, 0.1) is 0 Å². The van der Waals surface area contributed by atoms with Crippen LogP contribution in [0.25, 0.3) is 82.5 Å². The van der Waals surface area contributed by atoms with Crippen LogP contribution in [-0.4, -0.2) is 4.57 Å². The Morgan fingerprint density at radius 3 is 1.73 bits per heavy atom. The van der Waals surface area contributed by atoms with Gasteiger partial charge < -0.3 is 13.9 Å². The highest BCUT2D eigenvalue weighted by Gasteiger charge is 2.24. The summed E-state index contributed by atoms with van der Waals surface area (Å²) in [5.41, 5.74) is 12.9. The van der Waals surface area contributed by atoms with Gasteiger partial charge in [0.15, 0.2) is 0 Å². The lowest BCUT2D eigenvalue weighted by Gasteiger charge is -2.27. The number of rotatable bonds is 6. The summed E-state index contributed by atoms with van der Waals surface area (Å²) in [6.07, 6.45) is 0. The zero-order valence-electron chi connectivity index (χ0n) is 29.9. The number of para-hydroxylation sites is 2. The smallest absolute Gasteiger partial charge is 0.138 e. The second kappa shape index (κ2) is 12.6. The van der Waals surface area contributed by atoms with Crippen molar-refractivity contribution in [1.82, 2.24) is 4.57 Å². The molecule has 0 atom stereocenters. The van der Waals surface area contributed by atoms with Gasteiger partial charge in [-0.25, -0.2) is 0 Å². The fraction of sp³-hybridized carbons (Fsp3) is 0. The summed E-state index contributed by atoms with van der Waals surface area (Å²) in [6, 6.07) is 73.9. The highest BCUT2D eigenvalue weighted by atomic mass is 16.3. The van der Waals surface area contributed by atoms with Crippen molar-refractivity contribution in [3.63, 3.8) is 0 Å². The molecular formula is C52H34N2O. The maximum absolute atomic E-state index is 6.82. The molecule has 3 nitrogen and oxygen atoms in total. The van der Waals surface area contributed by atoms with Crippen molar-refractivity contribution < 1.29 is 4.42 Å². The summed E-state index contributed by atoms with van der Waals surface area (Å²) in [5.74, 6) is 0. The van der Waals surface area contributed by atoms with Gasteiger partial charge in [-0.2, -0.15) is 0 Å². The number of hydrogen-bond acceptors (Lipinski definition) is 2. The first-order valence-corrected chi connectivity index (χ1v) is 18.8. The summed E-state index contributed by atoms with van der Waals surface area (Å²) in [4.78, 5) is 2.42. The Kier molecular flexibility index (Phi) is 7.17. The molecule has 0 spiro atoms. The van der Waals surface area contributed by atoms with Gasteiger partial charge in [-0.1, -0.05) is 146 Å². The monoisotopic (exact) mass is 702 g/mol. The third-order valence-corrected chi connectivity index (χ3v) is 11.0. The topological polar surface area (TPSA) is 21.3 Å². The summed E-state index contributed by atoms with van der Waals surface area (Å²) in [6.45, 7) is 0. The number of nitrogens with zero attached hydrogens (tertiary/aromatic N) is 2. The van der Waals surface area contributed by atoms with Crippen LogP contribution in [0.4, 0.5) is 17.1 Å². The molecule has 0 unspecified atom stereocenters. The van der Waals surface area contributed by atoms with Crippen LogP contribution in [-0.2, 0) is 0 Å². The molecule has 0 saturated carbocycles. The summed E-state index contributed by atoms with van der Waals surface area (Å²) < 4.78 is 9.21. The van der Waals surface area contributed by atoms with E-state index in [0.717, 1.165) is 61.3 Å². The van der Waals surface area contributed by atoms with Crippen LogP contribution < -0.4 is 4.90 Å². The van der Waals surface area contributed by atoms with Crippen LogP contribution in [0.15, 0.2) is 211 Å². The first kappa shape index (κ1) is 31.2. The van der Waals surface area contributed by atoms with Crippen LogP contribution in [0.5, 0.6) is 0 Å². The predicted molar refractivity (Wildman–Crippen MR) is 231 cm³/mol. The number of anilines is 3. The maximum atomic E-state index is 6.82. The van der Waals surface area contributed by atoms with Gasteiger partial charge in [0.25, 0.3) is 0 Å². The normalized spacial score (nSPS) is 11.6. The fourth-order valence-corrected chi connectivity index (χ4v) is 8.43. The van der Waals surface area contributed by atoms with Gasteiger partial charge in [0.1, 0.15) is 11.2 Å². The van der Waals surface area contributed by atoms with Crippen molar-refractivity contribution in [2.45, 2.75) is 0 Å². The predicted octanol–water partition coefficient (Wildman–Crippen LogP) is 14.6. The minimum absolute atomic E-state index is 0.855. The van der Waals surface area contributed by atoms with E-state index in [4.69, 9.17) is 4.42 Å². The third kappa shape index (κ3) is 5.13. The van der Waals surface area contributed by atoms with Crippen LogP contribution in [0.3, 0.4) is 0 Å². The van der Waals surface area contributed by atoms with Crippen molar-refractivity contribution in [1.29, 1.82) is 0 Å². The van der Waals surface area contributed by atoms with Crippen molar-refractivity contribution in [2.75, 3.05) is 4.90 Å². The highest BCUT2D eigenvalue weighted by Crippen LogP contribution is 2.48. The van der Waals surface area contributed by atoms with E-state index >= 15 is 0 Å². The Labute approximate surface area is 318 Å². The lowest BCUT2D eigenvalue weighted by atomic mass is 9.98. The standard InChI is InChI=1S/C52H34N2O/c1-4-14-35(15-5-1)37-24-27-41(28-25-37)53(42-29-30-45-44-22-12-13-23-46(44)54(47(45)34-42)40-19-8-3-9-20-40)48-32-39(36-16-6-2-7-17-36)33-50-52(48)51-43-21-11-10-18-38(43)26-31-49(51)55-50/h1-34H. The molecule has 0 bridgehead atoms. The summed E-state index contributed by atoms with van der Waals surface area (Å²) in [7, 11) is 0. The number of aromatic nitrogens is 1. The molecule has 3 heteroatoms. The molecule has 0 aliphatic carbocycles. The number of hydrogen-bond donors (Lipinski definition) is 0. The molecule has 0 aliphatic heterocycles. The van der Waals surface area contributed by atoms with Crippen LogP contribution in [0.1, 0.15) is 0 Å². The Balaban J connectivity index is 1.25. The molecule has 0 fully saturated rings.